The number of hydrogen-bond donors (Lipinski definition) is 3. The summed E-state index contributed by atoms with van der Waals surface area (Å²) in [7, 11) is 0. The minimum atomic E-state index is -1.66. The first kappa shape index (κ1) is 20.0. The van der Waals surface area contributed by atoms with Crippen LogP contribution in [0, 0.1) is 0 Å². The molecule has 0 aliphatic carbocycles. The van der Waals surface area contributed by atoms with Crippen molar-refractivity contribution in [2.24, 2.45) is 0 Å². The molecule has 5 atom stereocenters. The van der Waals surface area contributed by atoms with Crippen LogP contribution in [0.15, 0.2) is 24.3 Å². The summed E-state index contributed by atoms with van der Waals surface area (Å²) in [4.78, 5) is 14.7. The van der Waals surface area contributed by atoms with Gasteiger partial charge in [-0.15, -0.1) is 11.3 Å². The summed E-state index contributed by atoms with van der Waals surface area (Å²) in [5, 5.41) is 31.2. The molecule has 0 saturated carbocycles. The Morgan fingerprint density at radius 1 is 1.29 bits per heavy atom. The molecule has 0 amide bonds. The van der Waals surface area contributed by atoms with Gasteiger partial charge in [0.05, 0.1) is 22.6 Å². The Morgan fingerprint density at radius 2 is 2.04 bits per heavy atom. The van der Waals surface area contributed by atoms with E-state index in [9.17, 15) is 20.1 Å². The van der Waals surface area contributed by atoms with Crippen LogP contribution in [0.2, 0.25) is 5.02 Å². The highest BCUT2D eigenvalue weighted by molar-refractivity contribution is 7.14. The number of halogens is 1. The van der Waals surface area contributed by atoms with Crippen LogP contribution in [0.1, 0.15) is 45.1 Å². The van der Waals surface area contributed by atoms with Gasteiger partial charge >= 0.3 is 0 Å². The molecule has 6 nitrogen and oxygen atoms in total. The fourth-order valence-electron chi connectivity index (χ4n) is 3.76. The summed E-state index contributed by atoms with van der Waals surface area (Å²) in [6, 6.07) is 6.89. The summed E-state index contributed by atoms with van der Waals surface area (Å²) in [6.07, 6.45) is -4.15. The second-order valence-electron chi connectivity index (χ2n) is 7.14. The van der Waals surface area contributed by atoms with Crippen molar-refractivity contribution in [3.63, 3.8) is 0 Å². The second kappa shape index (κ2) is 7.18. The van der Waals surface area contributed by atoms with E-state index in [1.54, 1.807) is 25.1 Å². The number of aryl methyl sites for hydroxylation is 1. The zero-order valence-electron chi connectivity index (χ0n) is 15.4. The molecule has 1 fully saturated rings. The predicted molar refractivity (Wildman–Crippen MR) is 104 cm³/mol. The maximum Gasteiger partial charge on any atom is 0.225 e. The van der Waals surface area contributed by atoms with E-state index in [1.165, 1.54) is 11.3 Å². The lowest BCUT2D eigenvalue weighted by Gasteiger charge is -2.45. The third kappa shape index (κ3) is 2.93. The Morgan fingerprint density at radius 3 is 2.71 bits per heavy atom. The van der Waals surface area contributed by atoms with Gasteiger partial charge in [-0.05, 0) is 43.2 Å². The highest BCUT2D eigenvalue weighted by Gasteiger charge is 2.57. The number of aliphatic hydroxyl groups excluding tert-OH is 3. The molecule has 3 N–H and O–H groups in total. The van der Waals surface area contributed by atoms with Crippen LogP contribution >= 0.6 is 22.9 Å². The Labute approximate surface area is 171 Å². The molecule has 0 bridgehead atoms. The molecule has 28 heavy (non-hydrogen) atoms. The lowest BCUT2D eigenvalue weighted by Crippen LogP contribution is -2.62. The van der Waals surface area contributed by atoms with E-state index in [-0.39, 0.29) is 23.0 Å². The zero-order chi connectivity index (χ0) is 20.2. The molecule has 2 aliphatic heterocycles. The number of benzene rings is 1. The number of thiophene rings is 1. The largest absolute Gasteiger partial charge is 0.388 e. The molecule has 2 aliphatic rings. The number of ether oxygens (including phenoxy) is 2. The van der Waals surface area contributed by atoms with Crippen molar-refractivity contribution in [3.05, 3.63) is 55.7 Å². The van der Waals surface area contributed by atoms with Crippen molar-refractivity contribution < 1.29 is 29.6 Å². The van der Waals surface area contributed by atoms with Gasteiger partial charge in [0.25, 0.3) is 0 Å². The van der Waals surface area contributed by atoms with Gasteiger partial charge in [-0.3, -0.25) is 4.79 Å². The van der Waals surface area contributed by atoms with Crippen molar-refractivity contribution in [1.29, 1.82) is 0 Å². The van der Waals surface area contributed by atoms with E-state index >= 15 is 0 Å². The summed E-state index contributed by atoms with van der Waals surface area (Å²) in [5.41, 5.74) is 1.38. The fraction of sp³-hybridized carbons (Fsp3) is 0.450. The zero-order valence-corrected chi connectivity index (χ0v) is 17.0. The number of carbonyl (C=O) groups is 1. The molecular weight excluding hydrogens is 404 g/mol. The number of carbonyl (C=O) groups excluding carboxylic acids is 1. The second-order valence-corrected chi connectivity index (χ2v) is 8.72. The normalized spacial score (nSPS) is 31.9. The molecule has 3 heterocycles. The maximum absolute atomic E-state index is 13.0. The number of aliphatic hydroxyl groups is 3. The average molecular weight is 425 g/mol. The highest BCUT2D eigenvalue weighted by atomic mass is 35.5. The molecule has 1 aromatic heterocycles. The number of rotatable bonds is 3. The third-order valence-corrected chi connectivity index (χ3v) is 6.93. The number of hydrogen-bond acceptors (Lipinski definition) is 7. The van der Waals surface area contributed by atoms with Crippen LogP contribution in [0.5, 0.6) is 0 Å². The minimum Gasteiger partial charge on any atom is -0.388 e. The predicted octanol–water partition coefficient (Wildman–Crippen LogP) is 2.38. The Bertz CT molecular complexity index is 927. The van der Waals surface area contributed by atoms with Gasteiger partial charge in [-0.2, -0.15) is 0 Å². The molecule has 8 heteroatoms. The molecule has 0 radical (unpaired) electrons. The van der Waals surface area contributed by atoms with Gasteiger partial charge < -0.3 is 24.8 Å². The standard InChI is InChI=1S/C20H21ClO6S/c1-3-11-4-5-15(28-11)17(23)12-7-13-10(6-14(12)21)8-26-20(13)19(25)18(24)16(22)9(2)27-20/h4-7,9,16,18-19,22,24-25H,3,8H2,1-2H3/t9-,16-,18+,19-,20+/m1/s1. The maximum atomic E-state index is 13.0. The van der Waals surface area contributed by atoms with Crippen LogP contribution in [-0.4, -0.2) is 45.5 Å². The lowest BCUT2D eigenvalue weighted by atomic mass is 9.87. The minimum absolute atomic E-state index is 0.106. The van der Waals surface area contributed by atoms with Crippen molar-refractivity contribution in [2.45, 2.75) is 57.1 Å². The van der Waals surface area contributed by atoms with Crippen LogP contribution in [0.25, 0.3) is 0 Å². The molecule has 1 saturated heterocycles. The fourth-order valence-corrected chi connectivity index (χ4v) is 4.94. The molecule has 2 aromatic rings. The first-order valence-electron chi connectivity index (χ1n) is 9.10. The Balaban J connectivity index is 1.78. The van der Waals surface area contributed by atoms with Crippen LogP contribution in [-0.2, 0) is 28.3 Å². The SMILES string of the molecule is CCc1ccc(C(=O)c2cc3c(cc2Cl)CO[C@]32O[C@H](C)[C@@H](O)[C@H](O)[C@H]2O)s1. The van der Waals surface area contributed by atoms with Gasteiger partial charge in [-0.25, -0.2) is 0 Å². The van der Waals surface area contributed by atoms with Crippen LogP contribution in [0.4, 0.5) is 0 Å². The Kier molecular flexibility index (Phi) is 5.12. The highest BCUT2D eigenvalue weighted by Crippen LogP contribution is 2.47. The van der Waals surface area contributed by atoms with E-state index in [2.05, 4.69) is 0 Å². The summed E-state index contributed by atoms with van der Waals surface area (Å²) in [5.74, 6) is -1.88. The van der Waals surface area contributed by atoms with E-state index in [0.29, 0.717) is 16.0 Å². The quantitative estimate of drug-likeness (QED) is 0.655. The van der Waals surface area contributed by atoms with Crippen LogP contribution in [0.3, 0.4) is 0 Å². The van der Waals surface area contributed by atoms with E-state index in [1.807, 2.05) is 13.0 Å². The van der Waals surface area contributed by atoms with Gasteiger partial charge in [-0.1, -0.05) is 18.5 Å². The molecule has 4 rings (SSSR count). The average Bonchev–Trinajstić information content (AvgIpc) is 3.29. The Hall–Kier alpha value is -1.32. The molecular formula is C20H21ClO6S. The summed E-state index contributed by atoms with van der Waals surface area (Å²) < 4.78 is 11.6. The van der Waals surface area contributed by atoms with Gasteiger partial charge in [0.15, 0.2) is 0 Å². The summed E-state index contributed by atoms with van der Waals surface area (Å²) in [6.45, 7) is 3.71. The first-order chi connectivity index (χ1) is 13.3. The van der Waals surface area contributed by atoms with Gasteiger partial charge in [0.2, 0.25) is 11.6 Å². The third-order valence-electron chi connectivity index (χ3n) is 5.39. The van der Waals surface area contributed by atoms with Gasteiger partial charge in [0.1, 0.15) is 18.3 Å². The number of fused-ring (bicyclic) bond motifs is 2. The van der Waals surface area contributed by atoms with Crippen molar-refractivity contribution in [3.8, 4) is 0 Å². The van der Waals surface area contributed by atoms with E-state index in [0.717, 1.165) is 11.3 Å². The number of ketones is 1. The van der Waals surface area contributed by atoms with Crippen LogP contribution < -0.4 is 0 Å². The topological polar surface area (TPSA) is 96.2 Å². The monoisotopic (exact) mass is 424 g/mol. The van der Waals surface area contributed by atoms with Crippen molar-refractivity contribution in [1.82, 2.24) is 0 Å². The van der Waals surface area contributed by atoms with Crippen molar-refractivity contribution in [2.75, 3.05) is 0 Å². The summed E-state index contributed by atoms with van der Waals surface area (Å²) >= 11 is 7.79. The lowest BCUT2D eigenvalue weighted by molar-refractivity contribution is -0.362. The molecule has 150 valence electrons. The van der Waals surface area contributed by atoms with Crippen molar-refractivity contribution >= 4 is 28.7 Å². The first-order valence-corrected chi connectivity index (χ1v) is 10.3. The smallest absolute Gasteiger partial charge is 0.225 e. The van der Waals surface area contributed by atoms with E-state index < -0.39 is 30.2 Å². The molecule has 1 aromatic carbocycles. The van der Waals surface area contributed by atoms with Gasteiger partial charge in [0, 0.05) is 16.0 Å². The molecule has 1 spiro atoms. The van der Waals surface area contributed by atoms with E-state index in [4.69, 9.17) is 21.1 Å². The molecule has 0 unspecified atom stereocenters.